The molecule has 0 fully saturated rings. The van der Waals surface area contributed by atoms with Crippen molar-refractivity contribution in [3.63, 3.8) is 0 Å². The first-order valence-corrected chi connectivity index (χ1v) is 3.60. The molecular weight excluding hydrogens is 108 g/mol. The zero-order valence-corrected chi connectivity index (χ0v) is 6.65. The maximum atomic E-state index is 2.22. The van der Waals surface area contributed by atoms with E-state index in [2.05, 4.69) is 39.0 Å². The van der Waals surface area contributed by atoms with Crippen LogP contribution in [0.4, 0.5) is 0 Å². The van der Waals surface area contributed by atoms with Crippen molar-refractivity contribution in [3.05, 3.63) is 23.8 Å². The van der Waals surface area contributed by atoms with Crippen LogP contribution < -0.4 is 0 Å². The monoisotopic (exact) mass is 124 g/mol. The Morgan fingerprint density at radius 1 is 1.44 bits per heavy atom. The largest absolute Gasteiger partial charge is 0.0847 e. The standard InChI is InChI=1S/C9H16/c1-4-6-7-8-9(3)5-2/h5,7-8H,4,6H2,1-3H3/b8-7-,9-5+. The Kier molecular flexibility index (Phi) is 5.29. The highest BCUT2D eigenvalue weighted by molar-refractivity contribution is 5.14. The molecule has 0 atom stereocenters. The van der Waals surface area contributed by atoms with E-state index in [1.807, 2.05) is 0 Å². The molecule has 0 N–H and O–H groups in total. The van der Waals surface area contributed by atoms with Gasteiger partial charge >= 0.3 is 0 Å². The fraction of sp³-hybridized carbons (Fsp3) is 0.556. The van der Waals surface area contributed by atoms with Crippen LogP contribution in [-0.4, -0.2) is 0 Å². The summed E-state index contributed by atoms with van der Waals surface area (Å²) in [5.74, 6) is 0. The molecule has 0 radical (unpaired) electrons. The van der Waals surface area contributed by atoms with Crippen molar-refractivity contribution in [1.29, 1.82) is 0 Å². The van der Waals surface area contributed by atoms with Gasteiger partial charge in [0.15, 0.2) is 0 Å². The van der Waals surface area contributed by atoms with Crippen molar-refractivity contribution < 1.29 is 0 Å². The summed E-state index contributed by atoms with van der Waals surface area (Å²) in [5.41, 5.74) is 1.35. The van der Waals surface area contributed by atoms with E-state index in [0.717, 1.165) is 0 Å². The van der Waals surface area contributed by atoms with Gasteiger partial charge in [-0.05, 0) is 20.3 Å². The summed E-state index contributed by atoms with van der Waals surface area (Å²) in [7, 11) is 0. The first-order chi connectivity index (χ1) is 4.31. The number of allylic oxidation sites excluding steroid dienone is 4. The Morgan fingerprint density at radius 2 is 2.11 bits per heavy atom. The van der Waals surface area contributed by atoms with E-state index in [-0.39, 0.29) is 0 Å². The maximum absolute atomic E-state index is 2.22. The summed E-state index contributed by atoms with van der Waals surface area (Å²) in [6.45, 7) is 6.37. The van der Waals surface area contributed by atoms with E-state index in [4.69, 9.17) is 0 Å². The van der Waals surface area contributed by atoms with Gasteiger partial charge in [0.25, 0.3) is 0 Å². The molecule has 0 amide bonds. The van der Waals surface area contributed by atoms with Crippen molar-refractivity contribution in [2.24, 2.45) is 0 Å². The van der Waals surface area contributed by atoms with Crippen LogP contribution in [0.3, 0.4) is 0 Å². The van der Waals surface area contributed by atoms with Gasteiger partial charge in [-0.15, -0.1) is 0 Å². The van der Waals surface area contributed by atoms with Gasteiger partial charge < -0.3 is 0 Å². The third-order valence-electron chi connectivity index (χ3n) is 1.29. The quantitative estimate of drug-likeness (QED) is 0.506. The zero-order chi connectivity index (χ0) is 7.11. The van der Waals surface area contributed by atoms with E-state index in [9.17, 15) is 0 Å². The molecule has 0 heteroatoms. The topological polar surface area (TPSA) is 0 Å². The maximum Gasteiger partial charge on any atom is -0.0350 e. The molecule has 0 aromatic heterocycles. The van der Waals surface area contributed by atoms with Crippen molar-refractivity contribution in [1.82, 2.24) is 0 Å². The smallest absolute Gasteiger partial charge is 0.0350 e. The van der Waals surface area contributed by atoms with E-state index in [0.29, 0.717) is 0 Å². The number of rotatable bonds is 3. The predicted molar refractivity (Wildman–Crippen MR) is 43.5 cm³/mol. The lowest BCUT2D eigenvalue weighted by Gasteiger charge is -1.86. The Labute approximate surface area is 58.3 Å². The summed E-state index contributed by atoms with van der Waals surface area (Å²) in [6.07, 6.45) is 8.95. The van der Waals surface area contributed by atoms with Crippen LogP contribution in [-0.2, 0) is 0 Å². The van der Waals surface area contributed by atoms with E-state index in [1.165, 1.54) is 18.4 Å². The molecule has 0 aromatic rings. The van der Waals surface area contributed by atoms with Gasteiger partial charge in [0.2, 0.25) is 0 Å². The van der Waals surface area contributed by atoms with Crippen LogP contribution in [0.5, 0.6) is 0 Å². The summed E-state index contributed by atoms with van der Waals surface area (Å²) >= 11 is 0. The van der Waals surface area contributed by atoms with Gasteiger partial charge in [0.05, 0.1) is 0 Å². The second kappa shape index (κ2) is 5.61. The van der Waals surface area contributed by atoms with Crippen LogP contribution in [0.2, 0.25) is 0 Å². The van der Waals surface area contributed by atoms with E-state index < -0.39 is 0 Å². The average molecular weight is 124 g/mol. The first kappa shape index (κ1) is 8.48. The van der Waals surface area contributed by atoms with Crippen LogP contribution in [0.1, 0.15) is 33.6 Å². The summed E-state index contributed by atoms with van der Waals surface area (Å²) in [4.78, 5) is 0. The normalized spacial score (nSPS) is 13.0. The van der Waals surface area contributed by atoms with Gasteiger partial charge in [-0.1, -0.05) is 37.1 Å². The highest BCUT2D eigenvalue weighted by atomic mass is 13.8. The molecule has 0 aliphatic rings. The molecule has 0 bridgehead atoms. The van der Waals surface area contributed by atoms with Crippen LogP contribution in [0.25, 0.3) is 0 Å². The van der Waals surface area contributed by atoms with Crippen molar-refractivity contribution in [2.45, 2.75) is 33.6 Å². The summed E-state index contributed by atoms with van der Waals surface area (Å²) < 4.78 is 0. The molecule has 9 heavy (non-hydrogen) atoms. The van der Waals surface area contributed by atoms with Gasteiger partial charge in [0.1, 0.15) is 0 Å². The zero-order valence-electron chi connectivity index (χ0n) is 6.65. The summed E-state index contributed by atoms with van der Waals surface area (Å²) in [6, 6.07) is 0. The van der Waals surface area contributed by atoms with Gasteiger partial charge in [0, 0.05) is 0 Å². The SMILES string of the molecule is C/C=C(C)/C=C\CCC. The van der Waals surface area contributed by atoms with E-state index >= 15 is 0 Å². The number of unbranched alkanes of at least 4 members (excludes halogenated alkanes) is 1. The molecule has 0 unspecified atom stereocenters. The van der Waals surface area contributed by atoms with Crippen molar-refractivity contribution >= 4 is 0 Å². The molecule has 0 saturated heterocycles. The average Bonchev–Trinajstić information content (AvgIpc) is 1.89. The number of hydrogen-bond acceptors (Lipinski definition) is 0. The molecular formula is C9H16. The fourth-order valence-electron chi connectivity index (χ4n) is 0.532. The highest BCUT2D eigenvalue weighted by Gasteiger charge is 1.75. The Bertz CT molecular complexity index is 107. The second-order valence-electron chi connectivity index (χ2n) is 2.22. The minimum absolute atomic E-state index is 1.20. The van der Waals surface area contributed by atoms with Crippen LogP contribution in [0, 0.1) is 0 Å². The third-order valence-corrected chi connectivity index (χ3v) is 1.29. The van der Waals surface area contributed by atoms with Gasteiger partial charge in [-0.3, -0.25) is 0 Å². The molecule has 0 spiro atoms. The van der Waals surface area contributed by atoms with Gasteiger partial charge in [-0.25, -0.2) is 0 Å². The first-order valence-electron chi connectivity index (χ1n) is 3.60. The molecule has 0 nitrogen and oxygen atoms in total. The third kappa shape index (κ3) is 5.35. The lowest BCUT2D eigenvalue weighted by atomic mass is 10.2. The molecule has 0 heterocycles. The molecule has 52 valence electrons. The Balaban J connectivity index is 3.45. The Hall–Kier alpha value is -0.520. The second-order valence-corrected chi connectivity index (χ2v) is 2.22. The minimum atomic E-state index is 1.20. The summed E-state index contributed by atoms with van der Waals surface area (Å²) in [5, 5.41) is 0. The predicted octanol–water partition coefficient (Wildman–Crippen LogP) is 3.31. The van der Waals surface area contributed by atoms with E-state index in [1.54, 1.807) is 0 Å². The molecule has 0 aliphatic heterocycles. The minimum Gasteiger partial charge on any atom is -0.0847 e. The molecule has 0 rings (SSSR count). The van der Waals surface area contributed by atoms with Crippen LogP contribution >= 0.6 is 0 Å². The van der Waals surface area contributed by atoms with Gasteiger partial charge in [-0.2, -0.15) is 0 Å². The molecule has 0 aromatic carbocycles. The number of hydrogen-bond donors (Lipinski definition) is 0. The van der Waals surface area contributed by atoms with Crippen LogP contribution in [0.15, 0.2) is 23.8 Å². The highest BCUT2D eigenvalue weighted by Crippen LogP contribution is 1.96. The lowest BCUT2D eigenvalue weighted by molar-refractivity contribution is 0.957. The molecule has 0 saturated carbocycles. The van der Waals surface area contributed by atoms with Crippen molar-refractivity contribution in [3.8, 4) is 0 Å². The molecule has 0 aliphatic carbocycles. The van der Waals surface area contributed by atoms with Crippen molar-refractivity contribution in [2.75, 3.05) is 0 Å². The Morgan fingerprint density at radius 3 is 2.56 bits per heavy atom. The fourth-order valence-corrected chi connectivity index (χ4v) is 0.532. The lowest BCUT2D eigenvalue weighted by Crippen LogP contribution is -1.65.